The minimum absolute atomic E-state index is 0. The number of benzene rings is 1. The lowest BCUT2D eigenvalue weighted by atomic mass is 10.0. The fourth-order valence-electron chi connectivity index (χ4n) is 2.51. The normalized spacial score (nSPS) is 11.6. The smallest absolute Gasteiger partial charge is 0.222 e. The van der Waals surface area contributed by atoms with Gasteiger partial charge in [0.05, 0.1) is 0 Å². The molecule has 4 heteroatoms. The lowest BCUT2D eigenvalue weighted by molar-refractivity contribution is -0.133. The van der Waals surface area contributed by atoms with Crippen LogP contribution in [-0.4, -0.2) is 29.9 Å². The van der Waals surface area contributed by atoms with Crippen molar-refractivity contribution in [3.8, 4) is 0 Å². The van der Waals surface area contributed by atoms with E-state index in [1.54, 1.807) is 0 Å². The van der Waals surface area contributed by atoms with Gasteiger partial charge in [0.25, 0.3) is 0 Å². The van der Waals surface area contributed by atoms with Crippen molar-refractivity contribution in [2.45, 2.75) is 52.5 Å². The minimum atomic E-state index is 0. The zero-order chi connectivity index (χ0) is 15.0. The molecule has 0 aromatic heterocycles. The van der Waals surface area contributed by atoms with E-state index >= 15 is 0 Å². The first-order valence-corrected chi connectivity index (χ1v) is 7.67. The van der Waals surface area contributed by atoms with Crippen LogP contribution in [-0.2, 0) is 11.2 Å². The maximum Gasteiger partial charge on any atom is 0.222 e. The van der Waals surface area contributed by atoms with Crippen molar-refractivity contribution in [3.05, 3.63) is 35.4 Å². The zero-order valence-electron chi connectivity index (χ0n) is 13.5. The van der Waals surface area contributed by atoms with Gasteiger partial charge in [0, 0.05) is 19.0 Å². The van der Waals surface area contributed by atoms with Crippen LogP contribution in [0.1, 0.15) is 44.2 Å². The van der Waals surface area contributed by atoms with Gasteiger partial charge in [0.2, 0.25) is 5.91 Å². The monoisotopic (exact) mass is 312 g/mol. The maximum absolute atomic E-state index is 12.2. The number of carbonyl (C=O) groups is 1. The van der Waals surface area contributed by atoms with Gasteiger partial charge < -0.3 is 10.6 Å². The summed E-state index contributed by atoms with van der Waals surface area (Å²) in [5, 5.41) is 0. The molecule has 120 valence electrons. The van der Waals surface area contributed by atoms with Gasteiger partial charge in [-0.2, -0.15) is 0 Å². The third-order valence-electron chi connectivity index (χ3n) is 3.76. The Morgan fingerprint density at radius 3 is 2.33 bits per heavy atom. The quantitative estimate of drug-likeness (QED) is 0.800. The third kappa shape index (κ3) is 6.49. The van der Waals surface area contributed by atoms with Crippen LogP contribution in [0.15, 0.2) is 24.3 Å². The molecule has 0 heterocycles. The highest BCUT2D eigenvalue weighted by Gasteiger charge is 2.20. The van der Waals surface area contributed by atoms with Gasteiger partial charge in [0.15, 0.2) is 0 Å². The van der Waals surface area contributed by atoms with Crippen LogP contribution >= 0.6 is 12.4 Å². The van der Waals surface area contributed by atoms with Gasteiger partial charge in [-0.1, -0.05) is 36.8 Å². The molecule has 1 rings (SSSR count). The number of nitrogens with two attached hydrogens (primary N) is 1. The Morgan fingerprint density at radius 2 is 1.86 bits per heavy atom. The van der Waals surface area contributed by atoms with Crippen molar-refractivity contribution < 1.29 is 4.79 Å². The number of likely N-dealkylation sites (N-methyl/N-ethyl adjacent to an activating group) is 1. The van der Waals surface area contributed by atoms with E-state index in [2.05, 4.69) is 45.0 Å². The molecule has 2 N–H and O–H groups in total. The van der Waals surface area contributed by atoms with Crippen LogP contribution in [0.3, 0.4) is 0 Å². The van der Waals surface area contributed by atoms with Crippen molar-refractivity contribution in [3.63, 3.8) is 0 Å². The third-order valence-corrected chi connectivity index (χ3v) is 3.76. The first-order chi connectivity index (χ1) is 9.62. The molecule has 0 radical (unpaired) electrons. The van der Waals surface area contributed by atoms with Crippen molar-refractivity contribution in [1.82, 2.24) is 4.90 Å². The molecule has 0 fully saturated rings. The Morgan fingerprint density at radius 1 is 1.24 bits per heavy atom. The Kier molecular flexibility index (Phi) is 10.1. The van der Waals surface area contributed by atoms with E-state index in [-0.39, 0.29) is 24.4 Å². The molecule has 1 aromatic rings. The van der Waals surface area contributed by atoms with Crippen LogP contribution in [0.25, 0.3) is 0 Å². The highest BCUT2D eigenvalue weighted by atomic mass is 35.5. The maximum atomic E-state index is 12.2. The van der Waals surface area contributed by atoms with E-state index in [9.17, 15) is 4.79 Å². The summed E-state index contributed by atoms with van der Waals surface area (Å²) >= 11 is 0. The average Bonchev–Trinajstić information content (AvgIpc) is 2.46. The molecular weight excluding hydrogens is 284 g/mol. The van der Waals surface area contributed by atoms with Gasteiger partial charge in [-0.3, -0.25) is 4.79 Å². The van der Waals surface area contributed by atoms with Gasteiger partial charge in [-0.05, 0) is 45.2 Å². The summed E-state index contributed by atoms with van der Waals surface area (Å²) in [5.74, 6) is 0.233. The molecule has 0 aliphatic rings. The summed E-state index contributed by atoms with van der Waals surface area (Å²) in [6.07, 6.45) is 3.25. The zero-order valence-corrected chi connectivity index (χ0v) is 14.3. The Labute approximate surface area is 135 Å². The van der Waals surface area contributed by atoms with Crippen LogP contribution in [0, 0.1) is 6.92 Å². The van der Waals surface area contributed by atoms with E-state index < -0.39 is 0 Å². The Balaban J connectivity index is 0.00000400. The fourth-order valence-corrected chi connectivity index (χ4v) is 2.51. The molecular formula is C17H29ClN2O. The van der Waals surface area contributed by atoms with Crippen molar-refractivity contribution in [2.24, 2.45) is 5.73 Å². The highest BCUT2D eigenvalue weighted by Crippen LogP contribution is 2.14. The standard InChI is InChI=1S/C17H28N2O.ClH/c1-4-16(13-15-10-8-14(3)9-11-15)19(5-2)17(20)7-6-12-18;/h8-11,16H,4-7,12-13,18H2,1-3H3;1H. The van der Waals surface area contributed by atoms with Crippen LogP contribution in [0.4, 0.5) is 0 Å². The number of nitrogens with zero attached hydrogens (tertiary/aromatic N) is 1. The van der Waals surface area contributed by atoms with Crippen LogP contribution in [0.5, 0.6) is 0 Å². The molecule has 1 aromatic carbocycles. The molecule has 1 amide bonds. The van der Waals surface area contributed by atoms with Gasteiger partial charge >= 0.3 is 0 Å². The number of amides is 1. The number of rotatable bonds is 8. The van der Waals surface area contributed by atoms with E-state index in [0.29, 0.717) is 13.0 Å². The molecule has 0 bridgehead atoms. The topological polar surface area (TPSA) is 46.3 Å². The largest absolute Gasteiger partial charge is 0.340 e. The SMILES string of the molecule is CCC(Cc1ccc(C)cc1)N(CC)C(=O)CCCN.Cl. The minimum Gasteiger partial charge on any atom is -0.340 e. The molecule has 1 unspecified atom stereocenters. The van der Waals surface area contributed by atoms with Gasteiger partial charge in [0.1, 0.15) is 0 Å². The van der Waals surface area contributed by atoms with Crippen LogP contribution in [0.2, 0.25) is 0 Å². The Bertz CT molecular complexity index is 406. The second-order valence-corrected chi connectivity index (χ2v) is 5.32. The molecule has 0 saturated heterocycles. The number of hydrogen-bond acceptors (Lipinski definition) is 2. The molecule has 21 heavy (non-hydrogen) atoms. The van der Waals surface area contributed by atoms with Crippen molar-refractivity contribution in [1.29, 1.82) is 0 Å². The molecule has 3 nitrogen and oxygen atoms in total. The van der Waals surface area contributed by atoms with Crippen LogP contribution < -0.4 is 5.73 Å². The first kappa shape index (κ1) is 19.9. The predicted molar refractivity (Wildman–Crippen MR) is 91.9 cm³/mol. The summed E-state index contributed by atoms with van der Waals surface area (Å²) in [5.41, 5.74) is 8.06. The molecule has 0 saturated carbocycles. The molecule has 1 atom stereocenters. The molecule has 0 aliphatic carbocycles. The summed E-state index contributed by atoms with van der Waals surface area (Å²) in [6.45, 7) is 7.65. The predicted octanol–water partition coefficient (Wildman–Crippen LogP) is 3.33. The van der Waals surface area contributed by atoms with Crippen molar-refractivity contribution >= 4 is 18.3 Å². The average molecular weight is 313 g/mol. The molecule has 0 aliphatic heterocycles. The second-order valence-electron chi connectivity index (χ2n) is 5.32. The summed E-state index contributed by atoms with van der Waals surface area (Å²) in [7, 11) is 0. The Hall–Kier alpha value is -1.06. The van der Waals surface area contributed by atoms with Gasteiger partial charge in [-0.25, -0.2) is 0 Å². The number of hydrogen-bond donors (Lipinski definition) is 1. The first-order valence-electron chi connectivity index (χ1n) is 7.67. The summed E-state index contributed by atoms with van der Waals surface area (Å²) in [6, 6.07) is 8.88. The highest BCUT2D eigenvalue weighted by molar-refractivity contribution is 5.85. The lowest BCUT2D eigenvalue weighted by Gasteiger charge is -2.30. The summed E-state index contributed by atoms with van der Waals surface area (Å²) in [4.78, 5) is 14.3. The van der Waals surface area contributed by atoms with E-state index in [0.717, 1.165) is 25.8 Å². The second kappa shape index (κ2) is 10.6. The number of halogens is 1. The van der Waals surface area contributed by atoms with E-state index in [1.807, 2.05) is 4.90 Å². The van der Waals surface area contributed by atoms with E-state index in [1.165, 1.54) is 11.1 Å². The van der Waals surface area contributed by atoms with Crippen molar-refractivity contribution in [2.75, 3.05) is 13.1 Å². The number of aryl methyl sites for hydroxylation is 1. The number of carbonyl (C=O) groups excluding carboxylic acids is 1. The fraction of sp³-hybridized carbons (Fsp3) is 0.588. The lowest BCUT2D eigenvalue weighted by Crippen LogP contribution is -2.41. The van der Waals surface area contributed by atoms with Gasteiger partial charge in [-0.15, -0.1) is 12.4 Å². The van der Waals surface area contributed by atoms with E-state index in [4.69, 9.17) is 5.73 Å². The summed E-state index contributed by atoms with van der Waals surface area (Å²) < 4.78 is 0. The molecule has 0 spiro atoms.